The molecule has 19 heavy (non-hydrogen) atoms. The van der Waals surface area contributed by atoms with E-state index in [4.69, 9.17) is 0 Å². The van der Waals surface area contributed by atoms with Gasteiger partial charge >= 0.3 is 0 Å². The van der Waals surface area contributed by atoms with Gasteiger partial charge in [0.05, 0.1) is 6.61 Å². The van der Waals surface area contributed by atoms with Crippen LogP contribution < -0.4 is 0 Å². The number of benzene rings is 2. The molecule has 0 bridgehead atoms. The molecule has 0 amide bonds. The second-order valence-corrected chi connectivity index (χ2v) is 5.60. The van der Waals surface area contributed by atoms with Crippen molar-refractivity contribution >= 4 is 0 Å². The lowest BCUT2D eigenvalue weighted by Gasteiger charge is -2.10. The van der Waals surface area contributed by atoms with E-state index in [0.29, 0.717) is 5.92 Å². The van der Waals surface area contributed by atoms with E-state index < -0.39 is 0 Å². The second kappa shape index (κ2) is 6.03. The van der Waals surface area contributed by atoms with Crippen molar-refractivity contribution in [2.45, 2.75) is 33.8 Å². The molecular formula is C18H22O. The largest absolute Gasteiger partial charge is 0.392 e. The monoisotopic (exact) mass is 254 g/mol. The van der Waals surface area contributed by atoms with Crippen LogP contribution in [0.3, 0.4) is 0 Å². The van der Waals surface area contributed by atoms with Gasteiger partial charge in [0.1, 0.15) is 0 Å². The predicted molar refractivity (Wildman–Crippen MR) is 81.1 cm³/mol. The fraction of sp³-hybridized carbons (Fsp3) is 0.333. The Kier molecular flexibility index (Phi) is 4.39. The average molecular weight is 254 g/mol. The molecule has 1 nitrogen and oxygen atoms in total. The van der Waals surface area contributed by atoms with Gasteiger partial charge < -0.3 is 5.11 Å². The highest BCUT2D eigenvalue weighted by Crippen LogP contribution is 2.25. The van der Waals surface area contributed by atoms with Crippen LogP contribution in [0.1, 0.15) is 30.5 Å². The van der Waals surface area contributed by atoms with Gasteiger partial charge in [-0.05, 0) is 53.1 Å². The van der Waals surface area contributed by atoms with E-state index in [-0.39, 0.29) is 6.61 Å². The summed E-state index contributed by atoms with van der Waals surface area (Å²) in [7, 11) is 0. The molecule has 1 heteroatoms. The van der Waals surface area contributed by atoms with Crippen LogP contribution in [0.4, 0.5) is 0 Å². The number of hydrogen-bond acceptors (Lipinski definition) is 1. The van der Waals surface area contributed by atoms with Gasteiger partial charge in [-0.2, -0.15) is 0 Å². The van der Waals surface area contributed by atoms with Crippen molar-refractivity contribution in [2.75, 3.05) is 0 Å². The molecule has 100 valence electrons. The minimum absolute atomic E-state index is 0.0959. The summed E-state index contributed by atoms with van der Waals surface area (Å²) in [6.07, 6.45) is 1.12. The Bertz CT molecular complexity index is 538. The molecule has 2 aromatic carbocycles. The molecule has 1 N–H and O–H groups in total. The lowest BCUT2D eigenvalue weighted by atomic mass is 9.95. The van der Waals surface area contributed by atoms with Crippen molar-refractivity contribution in [3.05, 3.63) is 59.2 Å². The van der Waals surface area contributed by atoms with Gasteiger partial charge in [-0.15, -0.1) is 0 Å². The minimum atomic E-state index is 0.0959. The van der Waals surface area contributed by atoms with E-state index in [9.17, 15) is 5.11 Å². The van der Waals surface area contributed by atoms with Gasteiger partial charge in [-0.3, -0.25) is 0 Å². The van der Waals surface area contributed by atoms with Crippen molar-refractivity contribution in [1.29, 1.82) is 0 Å². The number of aryl methyl sites for hydroxylation is 1. The van der Waals surface area contributed by atoms with Gasteiger partial charge in [-0.1, -0.05) is 50.2 Å². The van der Waals surface area contributed by atoms with Crippen LogP contribution in [-0.2, 0) is 13.0 Å². The van der Waals surface area contributed by atoms with Crippen LogP contribution >= 0.6 is 0 Å². The molecule has 0 unspecified atom stereocenters. The lowest BCUT2D eigenvalue weighted by molar-refractivity contribution is 0.282. The van der Waals surface area contributed by atoms with E-state index in [1.807, 2.05) is 6.07 Å². The molecule has 0 spiro atoms. The first-order chi connectivity index (χ1) is 9.10. The molecule has 0 radical (unpaired) electrons. The van der Waals surface area contributed by atoms with Crippen LogP contribution in [0.25, 0.3) is 11.1 Å². The van der Waals surface area contributed by atoms with Crippen LogP contribution in [-0.4, -0.2) is 5.11 Å². The summed E-state index contributed by atoms with van der Waals surface area (Å²) in [6.45, 7) is 6.68. The fourth-order valence-corrected chi connectivity index (χ4v) is 2.37. The fourth-order valence-electron chi connectivity index (χ4n) is 2.37. The SMILES string of the molecule is Cc1ccc(CO)cc1-c1ccc(CC(C)C)cc1. The zero-order chi connectivity index (χ0) is 13.8. The minimum Gasteiger partial charge on any atom is -0.392 e. The number of rotatable bonds is 4. The van der Waals surface area contributed by atoms with Crippen molar-refractivity contribution in [2.24, 2.45) is 5.92 Å². The molecule has 2 aromatic rings. The first-order valence-corrected chi connectivity index (χ1v) is 6.90. The molecule has 2 rings (SSSR count). The first kappa shape index (κ1) is 13.8. The summed E-state index contributed by atoms with van der Waals surface area (Å²) in [5.74, 6) is 0.685. The predicted octanol–water partition coefficient (Wildman–Crippen LogP) is 4.35. The second-order valence-electron chi connectivity index (χ2n) is 5.60. The summed E-state index contributed by atoms with van der Waals surface area (Å²) >= 11 is 0. The molecule has 0 aliphatic carbocycles. The van der Waals surface area contributed by atoms with Crippen LogP contribution in [0, 0.1) is 12.8 Å². The Balaban J connectivity index is 2.31. The lowest BCUT2D eigenvalue weighted by Crippen LogP contribution is -1.94. The maximum Gasteiger partial charge on any atom is 0.0682 e. The Morgan fingerprint density at radius 1 is 0.947 bits per heavy atom. The Morgan fingerprint density at radius 2 is 1.58 bits per heavy atom. The van der Waals surface area contributed by atoms with Crippen molar-refractivity contribution < 1.29 is 5.11 Å². The summed E-state index contributed by atoms with van der Waals surface area (Å²) in [5, 5.41) is 9.24. The standard InChI is InChI=1S/C18H22O/c1-13(2)10-15-6-8-17(9-7-15)18-11-16(12-19)5-4-14(18)3/h4-9,11,13,19H,10,12H2,1-3H3. The molecule has 0 aliphatic heterocycles. The quantitative estimate of drug-likeness (QED) is 0.860. The highest BCUT2D eigenvalue weighted by molar-refractivity contribution is 5.68. The zero-order valence-corrected chi connectivity index (χ0v) is 12.0. The first-order valence-electron chi connectivity index (χ1n) is 6.90. The van der Waals surface area contributed by atoms with Crippen LogP contribution in [0.2, 0.25) is 0 Å². The third-order valence-corrected chi connectivity index (χ3v) is 3.39. The molecule has 0 atom stereocenters. The molecule has 0 saturated heterocycles. The van der Waals surface area contributed by atoms with Gasteiger partial charge in [-0.25, -0.2) is 0 Å². The third-order valence-electron chi connectivity index (χ3n) is 3.39. The van der Waals surface area contributed by atoms with Crippen LogP contribution in [0.5, 0.6) is 0 Å². The maximum atomic E-state index is 9.24. The summed E-state index contributed by atoms with van der Waals surface area (Å²) in [5.41, 5.74) is 6.03. The zero-order valence-electron chi connectivity index (χ0n) is 12.0. The molecule has 0 heterocycles. The third kappa shape index (κ3) is 3.45. The maximum absolute atomic E-state index is 9.24. The van der Waals surface area contributed by atoms with Gasteiger partial charge in [0.25, 0.3) is 0 Å². The van der Waals surface area contributed by atoms with Crippen molar-refractivity contribution in [3.63, 3.8) is 0 Å². The Morgan fingerprint density at radius 3 is 2.16 bits per heavy atom. The smallest absolute Gasteiger partial charge is 0.0682 e. The summed E-state index contributed by atoms with van der Waals surface area (Å²) in [6, 6.07) is 14.9. The van der Waals surface area contributed by atoms with E-state index in [0.717, 1.165) is 12.0 Å². The molecule has 0 fully saturated rings. The number of hydrogen-bond donors (Lipinski definition) is 1. The van der Waals surface area contributed by atoms with E-state index in [2.05, 4.69) is 57.2 Å². The van der Waals surface area contributed by atoms with E-state index in [1.165, 1.54) is 22.3 Å². The van der Waals surface area contributed by atoms with Gasteiger partial charge in [0, 0.05) is 0 Å². The van der Waals surface area contributed by atoms with Gasteiger partial charge in [0.15, 0.2) is 0 Å². The summed E-state index contributed by atoms with van der Waals surface area (Å²) in [4.78, 5) is 0. The number of aliphatic hydroxyl groups is 1. The molecule has 0 aromatic heterocycles. The Hall–Kier alpha value is -1.60. The van der Waals surface area contributed by atoms with Crippen LogP contribution in [0.15, 0.2) is 42.5 Å². The van der Waals surface area contributed by atoms with Crippen molar-refractivity contribution in [1.82, 2.24) is 0 Å². The normalized spacial score (nSPS) is 11.0. The molecule has 0 aliphatic rings. The highest BCUT2D eigenvalue weighted by atomic mass is 16.3. The topological polar surface area (TPSA) is 20.2 Å². The average Bonchev–Trinajstić information content (AvgIpc) is 2.40. The molecular weight excluding hydrogens is 232 g/mol. The number of aliphatic hydroxyl groups excluding tert-OH is 1. The highest BCUT2D eigenvalue weighted by Gasteiger charge is 2.04. The van der Waals surface area contributed by atoms with E-state index >= 15 is 0 Å². The Labute approximate surface area is 115 Å². The van der Waals surface area contributed by atoms with Crippen molar-refractivity contribution in [3.8, 4) is 11.1 Å². The van der Waals surface area contributed by atoms with Gasteiger partial charge in [0.2, 0.25) is 0 Å². The summed E-state index contributed by atoms with van der Waals surface area (Å²) < 4.78 is 0. The van der Waals surface area contributed by atoms with E-state index in [1.54, 1.807) is 0 Å². The molecule has 0 saturated carbocycles.